The Morgan fingerprint density at radius 1 is 0.576 bits per heavy atom. The minimum atomic E-state index is -0.620. The van der Waals surface area contributed by atoms with Crippen molar-refractivity contribution in [2.45, 2.75) is 116 Å². The van der Waals surface area contributed by atoms with Crippen molar-refractivity contribution in [1.29, 1.82) is 0 Å². The molecule has 4 atom stereocenters. The molecule has 0 radical (unpaired) electrons. The van der Waals surface area contributed by atoms with Crippen LogP contribution in [0.2, 0.25) is 0 Å². The Labute approximate surface area is 205 Å². The molecule has 0 aromatic carbocycles. The van der Waals surface area contributed by atoms with Crippen LogP contribution in [0.3, 0.4) is 0 Å². The second-order valence-corrected chi connectivity index (χ2v) is 14.9. The average Bonchev–Trinajstić information content (AvgIpc) is 2.56. The first-order chi connectivity index (χ1) is 14.5. The second-order valence-electron chi connectivity index (χ2n) is 14.9. The van der Waals surface area contributed by atoms with Gasteiger partial charge in [0.1, 0.15) is 0 Å². The number of rotatable bonds is 2. The van der Waals surface area contributed by atoms with Crippen LogP contribution < -0.4 is 0 Å². The number of aliphatic hydroxyl groups is 2. The van der Waals surface area contributed by atoms with Gasteiger partial charge in [0.25, 0.3) is 0 Å². The van der Waals surface area contributed by atoms with E-state index in [4.69, 9.17) is 0 Å². The molecule has 2 heteroatoms. The van der Waals surface area contributed by atoms with Gasteiger partial charge >= 0.3 is 0 Å². The van der Waals surface area contributed by atoms with E-state index in [2.05, 4.69) is 121 Å². The maximum Gasteiger partial charge on any atom is 0.0856 e. The SMILES string of the molecule is CC1=CC=C(C(C)(C)C)C(O)C1(CC1(C(C)(C)C)C(C)=CC=C(C(C)(C)C)C1O)C(C)(C)C. The first-order valence-electron chi connectivity index (χ1n) is 12.7. The molecule has 2 aliphatic carbocycles. The summed E-state index contributed by atoms with van der Waals surface area (Å²) in [4.78, 5) is 0. The molecule has 0 aromatic rings. The first-order valence-corrected chi connectivity index (χ1v) is 12.7. The molecule has 2 aliphatic rings. The maximum absolute atomic E-state index is 12.2. The van der Waals surface area contributed by atoms with Crippen molar-refractivity contribution in [1.82, 2.24) is 0 Å². The van der Waals surface area contributed by atoms with Gasteiger partial charge in [-0.05, 0) is 53.1 Å². The Hall–Kier alpha value is -1.12. The number of aliphatic hydroxyl groups excluding tert-OH is 2. The summed E-state index contributed by atoms with van der Waals surface area (Å²) >= 11 is 0. The third-order valence-corrected chi connectivity index (χ3v) is 8.92. The predicted octanol–water partition coefficient (Wildman–Crippen LogP) is 8.03. The third kappa shape index (κ3) is 4.36. The van der Waals surface area contributed by atoms with E-state index in [1.807, 2.05) is 0 Å². The van der Waals surface area contributed by atoms with E-state index in [0.717, 1.165) is 11.1 Å². The van der Waals surface area contributed by atoms with Gasteiger partial charge in [0.05, 0.1) is 12.2 Å². The highest BCUT2D eigenvalue weighted by Gasteiger charge is 2.62. The summed E-state index contributed by atoms with van der Waals surface area (Å²) in [6.07, 6.45) is 8.16. The standard InChI is InChI=1S/C31H52O2/c1-20-15-17-22(26(3,4)5)24(32)30(20,28(9,10)11)19-31(29(12,13)14)21(2)16-18-23(25(31)33)27(6,7)8/h15-18,24-25,32-33H,19H2,1-14H3. The van der Waals surface area contributed by atoms with Crippen molar-refractivity contribution < 1.29 is 10.2 Å². The highest BCUT2D eigenvalue weighted by atomic mass is 16.3. The largest absolute Gasteiger partial charge is 0.388 e. The topological polar surface area (TPSA) is 40.5 Å². The van der Waals surface area contributed by atoms with Gasteiger partial charge in [0, 0.05) is 10.8 Å². The third-order valence-electron chi connectivity index (χ3n) is 8.92. The van der Waals surface area contributed by atoms with Crippen LogP contribution in [0.1, 0.15) is 103 Å². The van der Waals surface area contributed by atoms with Gasteiger partial charge in [0.15, 0.2) is 0 Å². The van der Waals surface area contributed by atoms with Gasteiger partial charge in [0.2, 0.25) is 0 Å². The maximum atomic E-state index is 12.2. The molecule has 2 nitrogen and oxygen atoms in total. The van der Waals surface area contributed by atoms with Crippen molar-refractivity contribution in [3.63, 3.8) is 0 Å². The van der Waals surface area contributed by atoms with Gasteiger partial charge in [-0.2, -0.15) is 0 Å². The minimum Gasteiger partial charge on any atom is -0.388 e. The zero-order chi connectivity index (χ0) is 26.0. The van der Waals surface area contributed by atoms with Crippen LogP contribution in [0.5, 0.6) is 0 Å². The molecule has 0 fully saturated rings. The summed E-state index contributed by atoms with van der Waals surface area (Å²) in [5.74, 6) is 0. The Bertz CT molecular complexity index is 809. The van der Waals surface area contributed by atoms with Crippen LogP contribution in [0.4, 0.5) is 0 Å². The van der Waals surface area contributed by atoms with Crippen LogP contribution in [0, 0.1) is 32.5 Å². The summed E-state index contributed by atoms with van der Waals surface area (Å²) in [6, 6.07) is 0. The predicted molar refractivity (Wildman–Crippen MR) is 143 cm³/mol. The number of hydrogen-bond donors (Lipinski definition) is 2. The second kappa shape index (κ2) is 8.23. The summed E-state index contributed by atoms with van der Waals surface area (Å²) in [7, 11) is 0. The summed E-state index contributed by atoms with van der Waals surface area (Å²) in [5.41, 5.74) is 2.77. The molecule has 188 valence electrons. The lowest BCUT2D eigenvalue weighted by molar-refractivity contribution is -0.102. The smallest absolute Gasteiger partial charge is 0.0856 e. The molecule has 0 aliphatic heterocycles. The van der Waals surface area contributed by atoms with E-state index in [0.29, 0.717) is 6.42 Å². The molecule has 0 saturated heterocycles. The van der Waals surface area contributed by atoms with Gasteiger partial charge in [-0.25, -0.2) is 0 Å². The fraction of sp³-hybridized carbons (Fsp3) is 0.742. The van der Waals surface area contributed by atoms with Gasteiger partial charge in [-0.3, -0.25) is 0 Å². The first kappa shape index (κ1) is 28.1. The lowest BCUT2D eigenvalue weighted by Gasteiger charge is -2.61. The molecule has 0 saturated carbocycles. The molecule has 2 rings (SSSR count). The normalized spacial score (nSPS) is 32.1. The molecule has 0 bridgehead atoms. The zero-order valence-corrected chi connectivity index (χ0v) is 24.1. The lowest BCUT2D eigenvalue weighted by Crippen LogP contribution is -2.59. The Morgan fingerprint density at radius 2 is 0.848 bits per heavy atom. The lowest BCUT2D eigenvalue weighted by atomic mass is 9.44. The Kier molecular flexibility index (Phi) is 7.01. The van der Waals surface area contributed by atoms with E-state index >= 15 is 0 Å². The van der Waals surface area contributed by atoms with E-state index in [1.54, 1.807) is 0 Å². The zero-order valence-electron chi connectivity index (χ0n) is 24.1. The van der Waals surface area contributed by atoms with E-state index in [9.17, 15) is 10.2 Å². The fourth-order valence-corrected chi connectivity index (χ4v) is 6.64. The van der Waals surface area contributed by atoms with E-state index in [-0.39, 0.29) is 21.7 Å². The summed E-state index contributed by atoms with van der Waals surface area (Å²) < 4.78 is 0. The van der Waals surface area contributed by atoms with Gasteiger partial charge in [-0.1, -0.05) is 119 Å². The minimum absolute atomic E-state index is 0.144. The molecule has 2 N–H and O–H groups in total. The molecule has 4 unspecified atom stereocenters. The number of allylic oxidation sites excluding steroid dienone is 4. The van der Waals surface area contributed by atoms with Crippen LogP contribution in [-0.4, -0.2) is 22.4 Å². The monoisotopic (exact) mass is 456 g/mol. The van der Waals surface area contributed by atoms with Crippen LogP contribution in [0.15, 0.2) is 46.6 Å². The van der Waals surface area contributed by atoms with Gasteiger partial charge < -0.3 is 10.2 Å². The summed E-state index contributed by atoms with van der Waals surface area (Å²) in [6.45, 7) is 31.0. The highest BCUT2D eigenvalue weighted by molar-refractivity contribution is 5.43. The quantitative estimate of drug-likeness (QED) is 0.441. The molecule has 33 heavy (non-hydrogen) atoms. The molecule has 0 spiro atoms. The summed E-state index contributed by atoms with van der Waals surface area (Å²) in [5, 5.41) is 24.4. The fourth-order valence-electron chi connectivity index (χ4n) is 6.64. The van der Waals surface area contributed by atoms with Crippen molar-refractivity contribution in [2.24, 2.45) is 32.5 Å². The van der Waals surface area contributed by atoms with E-state index in [1.165, 1.54) is 11.1 Å². The Morgan fingerprint density at radius 3 is 1.06 bits per heavy atom. The molecule has 0 amide bonds. The average molecular weight is 457 g/mol. The molecule has 0 aromatic heterocycles. The molecule has 0 heterocycles. The van der Waals surface area contributed by atoms with Crippen molar-refractivity contribution in [3.8, 4) is 0 Å². The van der Waals surface area contributed by atoms with Crippen molar-refractivity contribution in [2.75, 3.05) is 0 Å². The van der Waals surface area contributed by atoms with Crippen molar-refractivity contribution >= 4 is 0 Å². The number of hydrogen-bond acceptors (Lipinski definition) is 2. The van der Waals surface area contributed by atoms with Crippen molar-refractivity contribution in [3.05, 3.63) is 46.6 Å². The molecular weight excluding hydrogens is 404 g/mol. The van der Waals surface area contributed by atoms with Crippen LogP contribution in [-0.2, 0) is 0 Å². The van der Waals surface area contributed by atoms with Crippen LogP contribution >= 0.6 is 0 Å². The Balaban J connectivity index is 2.89. The molecular formula is C31H52O2. The van der Waals surface area contributed by atoms with E-state index < -0.39 is 23.0 Å². The van der Waals surface area contributed by atoms with Gasteiger partial charge in [-0.15, -0.1) is 0 Å². The highest BCUT2D eigenvalue weighted by Crippen LogP contribution is 2.65. The van der Waals surface area contributed by atoms with Crippen LogP contribution in [0.25, 0.3) is 0 Å².